The van der Waals surface area contributed by atoms with E-state index in [2.05, 4.69) is 32.9 Å². The van der Waals surface area contributed by atoms with Crippen LogP contribution in [0.15, 0.2) is 12.2 Å². The first kappa shape index (κ1) is 62.1. The van der Waals surface area contributed by atoms with E-state index in [1.807, 2.05) is 0 Å². The van der Waals surface area contributed by atoms with E-state index >= 15 is 0 Å². The van der Waals surface area contributed by atoms with Crippen LogP contribution in [0.5, 0.6) is 0 Å². The van der Waals surface area contributed by atoms with Gasteiger partial charge in [-0.05, 0) is 44.9 Å². The maximum absolute atomic E-state index is 12.7. The summed E-state index contributed by atoms with van der Waals surface area (Å²) >= 11 is 0. The predicted octanol–water partition coefficient (Wildman–Crippen LogP) is 18.9. The summed E-state index contributed by atoms with van der Waals surface area (Å²) in [6.07, 6.45) is 61.3. The number of carbonyl (C=O) groups is 3. The van der Waals surface area contributed by atoms with Crippen molar-refractivity contribution in [2.75, 3.05) is 13.2 Å². The van der Waals surface area contributed by atoms with Gasteiger partial charge in [0.25, 0.3) is 0 Å². The first-order valence-corrected chi connectivity index (χ1v) is 28.7. The molecule has 0 amide bonds. The highest BCUT2D eigenvalue weighted by Crippen LogP contribution is 2.18. The molecule has 6 heteroatoms. The quantitative estimate of drug-likeness (QED) is 0.0262. The molecule has 6 nitrogen and oxygen atoms in total. The summed E-state index contributed by atoms with van der Waals surface area (Å²) in [6.45, 7) is 6.56. The van der Waals surface area contributed by atoms with E-state index in [9.17, 15) is 14.4 Å². The lowest BCUT2D eigenvalue weighted by Crippen LogP contribution is -2.30. The summed E-state index contributed by atoms with van der Waals surface area (Å²) in [5, 5.41) is 0. The second kappa shape index (κ2) is 53.8. The maximum atomic E-state index is 12.7. The standard InChI is InChI=1S/C58H110O6/c1-4-7-10-13-15-17-19-21-22-23-24-25-26-27-28-29-30-31-32-33-34-35-36-37-39-40-42-45-48-51-57(60)63-54-55(53-62-56(59)50-47-44-12-9-6-3)64-58(61)52-49-46-43-41-38-20-18-16-14-11-8-5-2/h16,18,55H,4-15,17,19-54H2,1-3H3/b18-16-. The largest absolute Gasteiger partial charge is 0.462 e. The van der Waals surface area contributed by atoms with Crippen molar-refractivity contribution in [1.82, 2.24) is 0 Å². The molecule has 0 aromatic rings. The minimum Gasteiger partial charge on any atom is -0.462 e. The summed E-state index contributed by atoms with van der Waals surface area (Å²) in [5.41, 5.74) is 0. The number of carbonyl (C=O) groups excluding carboxylic acids is 3. The molecule has 0 aliphatic heterocycles. The molecular weight excluding hydrogens is 793 g/mol. The van der Waals surface area contributed by atoms with Gasteiger partial charge < -0.3 is 14.2 Å². The van der Waals surface area contributed by atoms with Gasteiger partial charge in [-0.1, -0.05) is 270 Å². The molecule has 0 aromatic carbocycles. The highest BCUT2D eigenvalue weighted by Gasteiger charge is 2.19. The van der Waals surface area contributed by atoms with Crippen LogP contribution in [0.2, 0.25) is 0 Å². The van der Waals surface area contributed by atoms with Gasteiger partial charge in [-0.2, -0.15) is 0 Å². The first-order valence-electron chi connectivity index (χ1n) is 28.7. The number of unbranched alkanes of at least 4 members (excludes halogenated alkanes) is 40. The number of hydrogen-bond donors (Lipinski definition) is 0. The van der Waals surface area contributed by atoms with Crippen molar-refractivity contribution in [3.05, 3.63) is 12.2 Å². The molecule has 0 heterocycles. The van der Waals surface area contributed by atoms with Crippen LogP contribution in [-0.4, -0.2) is 37.2 Å². The van der Waals surface area contributed by atoms with Crippen molar-refractivity contribution in [2.45, 2.75) is 329 Å². The summed E-state index contributed by atoms with van der Waals surface area (Å²) < 4.78 is 16.7. The lowest BCUT2D eigenvalue weighted by molar-refractivity contribution is -0.167. The highest BCUT2D eigenvalue weighted by molar-refractivity contribution is 5.71. The predicted molar refractivity (Wildman–Crippen MR) is 275 cm³/mol. The van der Waals surface area contributed by atoms with Crippen molar-refractivity contribution in [1.29, 1.82) is 0 Å². The van der Waals surface area contributed by atoms with Crippen molar-refractivity contribution in [2.24, 2.45) is 0 Å². The summed E-state index contributed by atoms with van der Waals surface area (Å²) in [4.78, 5) is 37.6. The first-order chi connectivity index (χ1) is 31.5. The van der Waals surface area contributed by atoms with Crippen LogP contribution in [0.25, 0.3) is 0 Å². The number of rotatable bonds is 53. The van der Waals surface area contributed by atoms with Crippen LogP contribution in [-0.2, 0) is 28.6 Å². The number of hydrogen-bond acceptors (Lipinski definition) is 6. The molecule has 378 valence electrons. The molecule has 1 atom stereocenters. The molecule has 64 heavy (non-hydrogen) atoms. The Balaban J connectivity index is 3.88. The number of allylic oxidation sites excluding steroid dienone is 2. The Morgan fingerprint density at radius 3 is 0.812 bits per heavy atom. The Hall–Kier alpha value is -1.85. The molecule has 0 aromatic heterocycles. The van der Waals surface area contributed by atoms with Gasteiger partial charge in [-0.25, -0.2) is 0 Å². The van der Waals surface area contributed by atoms with Crippen molar-refractivity contribution >= 4 is 17.9 Å². The molecule has 0 spiro atoms. The molecule has 0 rings (SSSR count). The number of ether oxygens (including phenoxy) is 3. The molecule has 0 fully saturated rings. The Bertz CT molecular complexity index is 993. The van der Waals surface area contributed by atoms with Crippen LogP contribution >= 0.6 is 0 Å². The molecule has 0 bridgehead atoms. The summed E-state index contributed by atoms with van der Waals surface area (Å²) in [6, 6.07) is 0. The zero-order valence-electron chi connectivity index (χ0n) is 43.3. The molecule has 0 saturated carbocycles. The van der Waals surface area contributed by atoms with Crippen LogP contribution in [0, 0.1) is 0 Å². The fraction of sp³-hybridized carbons (Fsp3) is 0.914. The lowest BCUT2D eigenvalue weighted by atomic mass is 10.0. The zero-order valence-corrected chi connectivity index (χ0v) is 43.3. The van der Waals surface area contributed by atoms with E-state index in [4.69, 9.17) is 14.2 Å². The van der Waals surface area contributed by atoms with Gasteiger partial charge in [0, 0.05) is 19.3 Å². The van der Waals surface area contributed by atoms with Crippen molar-refractivity contribution < 1.29 is 28.6 Å². The Kier molecular flexibility index (Phi) is 52.2. The van der Waals surface area contributed by atoms with Gasteiger partial charge in [0.15, 0.2) is 6.10 Å². The average Bonchev–Trinajstić information content (AvgIpc) is 3.29. The van der Waals surface area contributed by atoms with Gasteiger partial charge in [0.2, 0.25) is 0 Å². The fourth-order valence-electron chi connectivity index (χ4n) is 8.68. The third kappa shape index (κ3) is 51.1. The minimum atomic E-state index is -0.766. The Morgan fingerprint density at radius 1 is 0.297 bits per heavy atom. The summed E-state index contributed by atoms with van der Waals surface area (Å²) in [5.74, 6) is -0.877. The molecule has 0 aliphatic carbocycles. The Labute approximate surface area is 399 Å². The summed E-state index contributed by atoms with van der Waals surface area (Å²) in [7, 11) is 0. The van der Waals surface area contributed by atoms with Crippen LogP contribution in [0.4, 0.5) is 0 Å². The Morgan fingerprint density at radius 2 is 0.516 bits per heavy atom. The van der Waals surface area contributed by atoms with Crippen LogP contribution in [0.1, 0.15) is 323 Å². The average molecular weight is 904 g/mol. The fourth-order valence-corrected chi connectivity index (χ4v) is 8.68. The van der Waals surface area contributed by atoms with E-state index < -0.39 is 6.10 Å². The minimum absolute atomic E-state index is 0.0696. The maximum Gasteiger partial charge on any atom is 0.306 e. The van der Waals surface area contributed by atoms with Gasteiger partial charge >= 0.3 is 17.9 Å². The number of esters is 3. The van der Waals surface area contributed by atoms with E-state index in [0.29, 0.717) is 19.3 Å². The normalized spacial score (nSPS) is 12.0. The van der Waals surface area contributed by atoms with Crippen LogP contribution < -0.4 is 0 Å². The molecule has 1 unspecified atom stereocenters. The van der Waals surface area contributed by atoms with E-state index in [1.165, 1.54) is 212 Å². The molecule has 0 aliphatic rings. The SMILES string of the molecule is CCCCC/C=C\CCCCCCCC(=O)OC(COC(=O)CCCCCCC)COC(=O)CCCCCCCCCCCCCCCCCCCCCCCCCCCCCCC. The third-order valence-corrected chi connectivity index (χ3v) is 13.0. The third-order valence-electron chi connectivity index (χ3n) is 13.0. The van der Waals surface area contributed by atoms with Gasteiger partial charge in [0.1, 0.15) is 13.2 Å². The van der Waals surface area contributed by atoms with E-state index in [0.717, 1.165) is 70.6 Å². The molecule has 0 N–H and O–H groups in total. The lowest BCUT2D eigenvalue weighted by Gasteiger charge is -2.18. The van der Waals surface area contributed by atoms with Crippen molar-refractivity contribution in [3.63, 3.8) is 0 Å². The topological polar surface area (TPSA) is 78.9 Å². The molecule has 0 radical (unpaired) electrons. The van der Waals surface area contributed by atoms with E-state index in [-0.39, 0.29) is 31.1 Å². The smallest absolute Gasteiger partial charge is 0.306 e. The highest BCUT2D eigenvalue weighted by atomic mass is 16.6. The van der Waals surface area contributed by atoms with Gasteiger partial charge in [-0.15, -0.1) is 0 Å². The van der Waals surface area contributed by atoms with Gasteiger partial charge in [-0.3, -0.25) is 14.4 Å². The second-order valence-electron chi connectivity index (χ2n) is 19.6. The monoisotopic (exact) mass is 903 g/mol. The van der Waals surface area contributed by atoms with Crippen LogP contribution in [0.3, 0.4) is 0 Å². The molecular formula is C58H110O6. The van der Waals surface area contributed by atoms with Crippen molar-refractivity contribution in [3.8, 4) is 0 Å². The zero-order chi connectivity index (χ0) is 46.5. The second-order valence-corrected chi connectivity index (χ2v) is 19.6. The van der Waals surface area contributed by atoms with E-state index in [1.54, 1.807) is 0 Å². The van der Waals surface area contributed by atoms with Gasteiger partial charge in [0.05, 0.1) is 0 Å². The molecule has 0 saturated heterocycles.